The molecule has 0 amide bonds. The molecule has 3 heteroatoms. The van der Waals surface area contributed by atoms with Crippen LogP contribution in [0.5, 0.6) is 0 Å². The van der Waals surface area contributed by atoms with Gasteiger partial charge in [0.2, 0.25) is 0 Å². The van der Waals surface area contributed by atoms with Crippen LogP contribution in [0.4, 0.5) is 0 Å². The molecule has 0 aliphatic heterocycles. The summed E-state index contributed by atoms with van der Waals surface area (Å²) in [6, 6.07) is 0. The van der Waals surface area contributed by atoms with Crippen LogP contribution in [0.1, 0.15) is 136 Å². The van der Waals surface area contributed by atoms with Crippen molar-refractivity contribution in [1.29, 1.82) is 0 Å². The normalized spacial score (nSPS) is 12.3. The Hall–Kier alpha value is -0.240. The number of carbonyl (C=O) groups excluding carboxylic acids is 1. The molecule has 0 saturated heterocycles. The summed E-state index contributed by atoms with van der Waals surface area (Å²) in [5.74, 6) is -0.129. The zero-order chi connectivity index (χ0) is 19.3. The lowest BCUT2D eigenvalue weighted by molar-refractivity contribution is -0.145. The first-order chi connectivity index (χ1) is 12.7. The van der Waals surface area contributed by atoms with Crippen LogP contribution in [0.2, 0.25) is 0 Å². The molecule has 0 bridgehead atoms. The van der Waals surface area contributed by atoms with Gasteiger partial charge in [-0.25, -0.2) is 0 Å². The molecule has 0 aliphatic carbocycles. The van der Waals surface area contributed by atoms with Crippen molar-refractivity contribution in [2.24, 2.45) is 0 Å². The molecule has 1 atom stereocenters. The molecule has 156 valence electrons. The maximum atomic E-state index is 11.6. The van der Waals surface area contributed by atoms with Crippen LogP contribution in [0.15, 0.2) is 0 Å². The zero-order valence-corrected chi connectivity index (χ0v) is 18.5. The summed E-state index contributed by atoms with van der Waals surface area (Å²) in [5.41, 5.74) is -0.432. The summed E-state index contributed by atoms with van der Waals surface area (Å²) >= 11 is 5.98. The standard InChI is InChI=1S/C23H45ClO2/c1-3-5-7-8-9-10-11-12-13-14-15-16-17-18-19-21-23(25)26-22(24)20-6-4-2/h22H,3-21H2,1-2H3. The maximum Gasteiger partial charge on any atom is 0.307 e. The van der Waals surface area contributed by atoms with Gasteiger partial charge in [-0.1, -0.05) is 122 Å². The fourth-order valence-electron chi connectivity index (χ4n) is 3.27. The molecule has 0 saturated carbocycles. The molecule has 2 nitrogen and oxygen atoms in total. The summed E-state index contributed by atoms with van der Waals surface area (Å²) in [4.78, 5) is 11.6. The second kappa shape index (κ2) is 21.1. The lowest BCUT2D eigenvalue weighted by Crippen LogP contribution is -2.12. The van der Waals surface area contributed by atoms with Crippen LogP contribution < -0.4 is 0 Å². The molecule has 26 heavy (non-hydrogen) atoms. The third-order valence-corrected chi connectivity index (χ3v) is 5.34. The first-order valence-corrected chi connectivity index (χ1v) is 12.0. The number of hydrogen-bond donors (Lipinski definition) is 0. The van der Waals surface area contributed by atoms with E-state index in [0.29, 0.717) is 6.42 Å². The first kappa shape index (κ1) is 25.8. The smallest absolute Gasteiger partial charge is 0.307 e. The molecule has 1 unspecified atom stereocenters. The Kier molecular flexibility index (Phi) is 20.9. The zero-order valence-electron chi connectivity index (χ0n) is 17.7. The van der Waals surface area contributed by atoms with Gasteiger partial charge in [0.25, 0.3) is 0 Å². The van der Waals surface area contributed by atoms with Crippen LogP contribution in [-0.2, 0) is 9.53 Å². The van der Waals surface area contributed by atoms with E-state index in [1.807, 2.05) is 0 Å². The van der Waals surface area contributed by atoms with Gasteiger partial charge in [-0.2, -0.15) is 0 Å². The van der Waals surface area contributed by atoms with E-state index in [4.69, 9.17) is 16.3 Å². The number of carbonyl (C=O) groups is 1. The number of hydrogen-bond acceptors (Lipinski definition) is 2. The topological polar surface area (TPSA) is 26.3 Å². The maximum absolute atomic E-state index is 11.6. The van der Waals surface area contributed by atoms with Gasteiger partial charge in [0.05, 0.1) is 0 Å². The van der Waals surface area contributed by atoms with E-state index in [9.17, 15) is 4.79 Å². The van der Waals surface area contributed by atoms with Crippen LogP contribution in [0, 0.1) is 0 Å². The summed E-state index contributed by atoms with van der Waals surface area (Å²) in [6.45, 7) is 4.39. The van der Waals surface area contributed by atoms with E-state index in [0.717, 1.165) is 32.1 Å². The van der Waals surface area contributed by atoms with Gasteiger partial charge >= 0.3 is 5.97 Å². The number of rotatable bonds is 20. The van der Waals surface area contributed by atoms with E-state index in [-0.39, 0.29) is 5.97 Å². The summed E-state index contributed by atoms with van der Waals surface area (Å²) in [5, 5.41) is 0. The van der Waals surface area contributed by atoms with Crippen molar-refractivity contribution in [3.63, 3.8) is 0 Å². The number of halogens is 1. The molecule has 0 aromatic rings. The van der Waals surface area contributed by atoms with Crippen molar-refractivity contribution in [1.82, 2.24) is 0 Å². The Morgan fingerprint density at radius 3 is 1.46 bits per heavy atom. The Morgan fingerprint density at radius 1 is 0.654 bits per heavy atom. The highest BCUT2D eigenvalue weighted by Gasteiger charge is 2.10. The largest absolute Gasteiger partial charge is 0.446 e. The molecule has 0 spiro atoms. The minimum atomic E-state index is -0.432. The molecule has 0 N–H and O–H groups in total. The van der Waals surface area contributed by atoms with Crippen LogP contribution >= 0.6 is 11.6 Å². The second-order valence-electron chi connectivity index (χ2n) is 7.74. The molecule has 0 aromatic carbocycles. The SMILES string of the molecule is CCCCCCCCCCCCCCCCCC(=O)OC(Cl)CCCC. The monoisotopic (exact) mass is 388 g/mol. The molecule has 0 aromatic heterocycles. The molecule has 0 heterocycles. The first-order valence-electron chi connectivity index (χ1n) is 11.5. The quantitative estimate of drug-likeness (QED) is 0.118. The van der Waals surface area contributed by atoms with Gasteiger partial charge in [-0.15, -0.1) is 0 Å². The third kappa shape index (κ3) is 20.1. The fraction of sp³-hybridized carbons (Fsp3) is 0.957. The van der Waals surface area contributed by atoms with Gasteiger partial charge in [0, 0.05) is 6.42 Å². The molecular formula is C23H45ClO2. The van der Waals surface area contributed by atoms with Crippen LogP contribution in [0.25, 0.3) is 0 Å². The summed E-state index contributed by atoms with van der Waals surface area (Å²) in [6.07, 6.45) is 23.5. The van der Waals surface area contributed by atoms with Crippen LogP contribution in [0.3, 0.4) is 0 Å². The average Bonchev–Trinajstić information content (AvgIpc) is 2.63. The minimum absolute atomic E-state index is 0.129. The molecule has 0 aliphatic rings. The molecule has 0 radical (unpaired) electrons. The average molecular weight is 389 g/mol. The van der Waals surface area contributed by atoms with Crippen molar-refractivity contribution < 1.29 is 9.53 Å². The summed E-state index contributed by atoms with van der Waals surface area (Å²) in [7, 11) is 0. The third-order valence-electron chi connectivity index (χ3n) is 5.03. The molecule has 0 fully saturated rings. The lowest BCUT2D eigenvalue weighted by Gasteiger charge is -2.10. The van der Waals surface area contributed by atoms with E-state index >= 15 is 0 Å². The van der Waals surface area contributed by atoms with E-state index in [1.54, 1.807) is 0 Å². The Morgan fingerprint density at radius 2 is 1.04 bits per heavy atom. The molecular weight excluding hydrogens is 344 g/mol. The number of esters is 1. The van der Waals surface area contributed by atoms with E-state index in [2.05, 4.69) is 13.8 Å². The lowest BCUT2D eigenvalue weighted by atomic mass is 10.0. The Labute approximate surface area is 168 Å². The van der Waals surface area contributed by atoms with E-state index in [1.165, 1.54) is 83.5 Å². The van der Waals surface area contributed by atoms with Crippen molar-refractivity contribution in [3.8, 4) is 0 Å². The van der Waals surface area contributed by atoms with Gasteiger partial charge in [-0.05, 0) is 19.3 Å². The highest BCUT2D eigenvalue weighted by molar-refractivity contribution is 6.20. The van der Waals surface area contributed by atoms with Crippen LogP contribution in [-0.4, -0.2) is 11.5 Å². The minimum Gasteiger partial charge on any atom is -0.446 e. The predicted molar refractivity (Wildman–Crippen MR) is 115 cm³/mol. The van der Waals surface area contributed by atoms with Gasteiger partial charge in [0.1, 0.15) is 0 Å². The Balaban J connectivity index is 3.18. The summed E-state index contributed by atoms with van der Waals surface area (Å²) < 4.78 is 5.20. The van der Waals surface area contributed by atoms with Crippen molar-refractivity contribution in [3.05, 3.63) is 0 Å². The highest BCUT2D eigenvalue weighted by Crippen LogP contribution is 2.15. The fourth-order valence-corrected chi connectivity index (χ4v) is 3.52. The van der Waals surface area contributed by atoms with E-state index < -0.39 is 5.56 Å². The second-order valence-corrected chi connectivity index (χ2v) is 8.23. The van der Waals surface area contributed by atoms with Gasteiger partial charge < -0.3 is 4.74 Å². The van der Waals surface area contributed by atoms with Crippen molar-refractivity contribution >= 4 is 17.6 Å². The van der Waals surface area contributed by atoms with Crippen molar-refractivity contribution in [2.45, 2.75) is 141 Å². The number of unbranched alkanes of at least 4 members (excludes halogenated alkanes) is 15. The molecule has 0 rings (SSSR count). The van der Waals surface area contributed by atoms with Gasteiger partial charge in [-0.3, -0.25) is 4.79 Å². The Bertz CT molecular complexity index is 294. The van der Waals surface area contributed by atoms with Gasteiger partial charge in [0.15, 0.2) is 5.56 Å². The number of alkyl halides is 1. The predicted octanol–water partition coefficient (Wildman–Crippen LogP) is 8.55. The van der Waals surface area contributed by atoms with Crippen molar-refractivity contribution in [2.75, 3.05) is 0 Å². The number of ether oxygens (including phenoxy) is 1. The highest BCUT2D eigenvalue weighted by atomic mass is 35.5.